The Morgan fingerprint density at radius 3 is 1.81 bits per heavy atom. The van der Waals surface area contributed by atoms with E-state index in [0.717, 1.165) is 24.3 Å². The molecule has 1 aliphatic heterocycles. The van der Waals surface area contributed by atoms with E-state index in [9.17, 15) is 14.4 Å². The van der Waals surface area contributed by atoms with Gasteiger partial charge in [-0.2, -0.15) is 4.98 Å². The van der Waals surface area contributed by atoms with Gasteiger partial charge >= 0.3 is 5.91 Å². The molecular weight excluding hydrogens is 686 g/mol. The number of nitrogens with zero attached hydrogens (tertiary/aromatic N) is 6. The number of nitrogens with one attached hydrogen (secondary N) is 3. The molecule has 10 bridgehead atoms. The summed E-state index contributed by atoms with van der Waals surface area (Å²) in [4.78, 5) is 65.0. The van der Waals surface area contributed by atoms with Gasteiger partial charge in [0.05, 0.1) is 11.7 Å². The van der Waals surface area contributed by atoms with Gasteiger partial charge in [-0.05, 0) is 50.6 Å². The summed E-state index contributed by atoms with van der Waals surface area (Å²) in [6.07, 6.45) is 7.19. The average Bonchev–Trinajstić information content (AvgIpc) is 3.98. The number of anilines is 1. The van der Waals surface area contributed by atoms with Crippen LogP contribution in [0.3, 0.4) is 0 Å². The maximum atomic E-state index is 13.8. The number of ketones is 1. The van der Waals surface area contributed by atoms with Crippen LogP contribution < -0.4 is 16.0 Å². The fourth-order valence-electron chi connectivity index (χ4n) is 5.57. The number of rotatable bonds is 7. The number of hydrogen-bond acceptors (Lipinski definition) is 15. The molecular formula is C36H37N9O8. The van der Waals surface area contributed by atoms with Crippen LogP contribution in [0.15, 0.2) is 77.7 Å². The number of oxazole rings is 5. The first-order valence-electron chi connectivity index (χ1n) is 17.0. The molecule has 0 saturated carbocycles. The van der Waals surface area contributed by atoms with Crippen LogP contribution >= 0.6 is 0 Å². The molecule has 2 amide bonds. The number of hydrogen-bond donors (Lipinski definition) is 3. The van der Waals surface area contributed by atoms with Crippen LogP contribution in [0.1, 0.15) is 42.2 Å². The molecule has 53 heavy (non-hydrogen) atoms. The van der Waals surface area contributed by atoms with Crippen LogP contribution in [-0.2, 0) is 22.4 Å². The molecule has 0 radical (unpaired) electrons. The standard InChI is InChI=1S/C36H37N9O8/c1-19(2)29-30(47)39-23(13-20-5-7-21(8-6-20)37-11-12-45(3)4)28(46)10-9-22-14-49-32(38-22)24-15-50-33(40-24)25-16-51-34(41-25)26-17-52-35(42-26)27-18-53-36(43-27)31(48)44-29/h5-8,14-19,23,29,37H,9-13H2,1-4H3,(H,39,47)(H,44,48). The first-order chi connectivity index (χ1) is 25.6. The van der Waals surface area contributed by atoms with Gasteiger partial charge in [-0.3, -0.25) is 14.4 Å². The number of likely N-dealkylation sites (N-methyl/N-ethyl adjacent to an activating group) is 1. The topological polar surface area (TPSA) is 221 Å². The van der Waals surface area contributed by atoms with Gasteiger partial charge in [0, 0.05) is 25.2 Å². The van der Waals surface area contributed by atoms with Gasteiger partial charge < -0.3 is 42.9 Å². The Morgan fingerprint density at radius 1 is 0.717 bits per heavy atom. The molecule has 6 heterocycles. The molecule has 1 aliphatic rings. The van der Waals surface area contributed by atoms with E-state index in [1.54, 1.807) is 13.8 Å². The molecule has 274 valence electrons. The summed E-state index contributed by atoms with van der Waals surface area (Å²) in [6.45, 7) is 5.20. The SMILES string of the molecule is CC(C)C1NC(=O)c2nc(co2)-c2nc(co2)-c2nc(co2)-c2nc(co2)-c2nc(co2)CCC(=O)C(Cc2ccc(NCCN(C)C)cc2)NC1=O. The van der Waals surface area contributed by atoms with Gasteiger partial charge in [-0.1, -0.05) is 26.0 Å². The van der Waals surface area contributed by atoms with Crippen LogP contribution in [0.4, 0.5) is 5.69 Å². The second-order valence-electron chi connectivity index (χ2n) is 13.1. The number of aryl methyl sites for hydroxylation is 1. The lowest BCUT2D eigenvalue weighted by Crippen LogP contribution is -2.54. The monoisotopic (exact) mass is 723 g/mol. The quantitative estimate of drug-likeness (QED) is 0.209. The third-order valence-electron chi connectivity index (χ3n) is 8.49. The third kappa shape index (κ3) is 8.09. The third-order valence-corrected chi connectivity index (χ3v) is 8.49. The summed E-state index contributed by atoms with van der Waals surface area (Å²) in [6, 6.07) is 5.76. The zero-order chi connectivity index (χ0) is 37.1. The molecule has 0 spiro atoms. The van der Waals surface area contributed by atoms with Crippen molar-refractivity contribution in [2.45, 2.75) is 45.2 Å². The summed E-state index contributed by atoms with van der Waals surface area (Å²) in [5.74, 6) is -1.70. The van der Waals surface area contributed by atoms with Gasteiger partial charge in [0.1, 0.15) is 37.4 Å². The molecule has 7 rings (SSSR count). The normalized spacial score (nSPS) is 16.8. The second-order valence-corrected chi connectivity index (χ2v) is 13.1. The molecule has 2 atom stereocenters. The van der Waals surface area contributed by atoms with Crippen LogP contribution in [0.5, 0.6) is 0 Å². The number of aromatic nitrogens is 5. The van der Waals surface area contributed by atoms with Crippen molar-refractivity contribution in [2.24, 2.45) is 5.92 Å². The first kappa shape index (κ1) is 35.1. The van der Waals surface area contributed by atoms with Gasteiger partial charge in [0.15, 0.2) is 28.6 Å². The van der Waals surface area contributed by atoms with Crippen molar-refractivity contribution in [3.63, 3.8) is 0 Å². The molecule has 17 heteroatoms. The van der Waals surface area contributed by atoms with Crippen LogP contribution in [0.2, 0.25) is 0 Å². The maximum absolute atomic E-state index is 13.8. The minimum Gasteiger partial charge on any atom is -0.443 e. The minimum absolute atomic E-state index is 0.0343. The predicted molar refractivity (Wildman–Crippen MR) is 187 cm³/mol. The number of Topliss-reactive ketones (excluding diaryl/α,β-unsaturated/α-hetero) is 1. The highest BCUT2D eigenvalue weighted by Crippen LogP contribution is 2.29. The molecule has 1 aromatic carbocycles. The van der Waals surface area contributed by atoms with Crippen molar-refractivity contribution < 1.29 is 36.5 Å². The molecule has 17 nitrogen and oxygen atoms in total. The molecule has 2 unspecified atom stereocenters. The van der Waals surface area contributed by atoms with Crippen LogP contribution in [0, 0.1) is 5.92 Å². The van der Waals surface area contributed by atoms with E-state index >= 15 is 0 Å². The zero-order valence-corrected chi connectivity index (χ0v) is 29.4. The fourth-order valence-corrected chi connectivity index (χ4v) is 5.57. The number of benzene rings is 1. The Hall–Kier alpha value is -6.36. The van der Waals surface area contributed by atoms with Crippen LogP contribution in [-0.4, -0.2) is 86.7 Å². The summed E-state index contributed by atoms with van der Waals surface area (Å²) in [7, 11) is 4.01. The maximum Gasteiger partial charge on any atom is 0.307 e. The lowest BCUT2D eigenvalue weighted by atomic mass is 9.97. The van der Waals surface area contributed by atoms with Crippen molar-refractivity contribution in [3.8, 4) is 46.3 Å². The van der Waals surface area contributed by atoms with Crippen molar-refractivity contribution in [1.82, 2.24) is 40.5 Å². The van der Waals surface area contributed by atoms with E-state index < -0.39 is 23.9 Å². The summed E-state index contributed by atoms with van der Waals surface area (Å²) in [5.41, 5.74) is 3.25. The summed E-state index contributed by atoms with van der Waals surface area (Å²) in [5, 5.41) is 8.97. The number of fused-ring (bicyclic) bond motifs is 14. The molecule has 0 saturated heterocycles. The van der Waals surface area contributed by atoms with E-state index in [1.807, 2.05) is 38.4 Å². The van der Waals surface area contributed by atoms with Crippen molar-refractivity contribution in [2.75, 3.05) is 32.5 Å². The Kier molecular flexibility index (Phi) is 9.98. The fraction of sp³-hybridized carbons (Fsp3) is 0.333. The summed E-state index contributed by atoms with van der Waals surface area (Å²) < 4.78 is 27.9. The molecule has 0 fully saturated rings. The van der Waals surface area contributed by atoms with E-state index in [-0.39, 0.29) is 77.5 Å². The Labute approximate surface area is 302 Å². The summed E-state index contributed by atoms with van der Waals surface area (Å²) >= 11 is 0. The van der Waals surface area contributed by atoms with E-state index in [4.69, 9.17) is 22.1 Å². The second kappa shape index (κ2) is 15.1. The largest absolute Gasteiger partial charge is 0.443 e. The van der Waals surface area contributed by atoms with Crippen LogP contribution in [0.25, 0.3) is 46.3 Å². The number of carbonyl (C=O) groups excluding carboxylic acids is 3. The number of carbonyl (C=O) groups is 3. The highest BCUT2D eigenvalue weighted by Gasteiger charge is 2.31. The van der Waals surface area contributed by atoms with Gasteiger partial charge in [0.25, 0.3) is 5.89 Å². The van der Waals surface area contributed by atoms with E-state index in [2.05, 4.69) is 45.8 Å². The molecule has 3 N–H and O–H groups in total. The minimum atomic E-state index is -1.03. The highest BCUT2D eigenvalue weighted by atomic mass is 16.4. The lowest BCUT2D eigenvalue weighted by molar-refractivity contribution is -0.129. The molecule has 6 aromatic rings. The smallest absolute Gasteiger partial charge is 0.307 e. The average molecular weight is 724 g/mol. The Bertz CT molecular complexity index is 2210. The Balaban J connectivity index is 1.17. The van der Waals surface area contributed by atoms with Gasteiger partial charge in [0.2, 0.25) is 29.5 Å². The van der Waals surface area contributed by atoms with Crippen molar-refractivity contribution in [1.29, 1.82) is 0 Å². The van der Waals surface area contributed by atoms with E-state index in [1.165, 1.54) is 31.3 Å². The van der Waals surface area contributed by atoms with E-state index in [0.29, 0.717) is 11.4 Å². The lowest BCUT2D eigenvalue weighted by Gasteiger charge is -2.25. The Morgan fingerprint density at radius 2 is 1.25 bits per heavy atom. The number of amides is 2. The van der Waals surface area contributed by atoms with Crippen molar-refractivity contribution >= 4 is 23.3 Å². The molecule has 5 aromatic heterocycles. The zero-order valence-electron chi connectivity index (χ0n) is 29.4. The predicted octanol–water partition coefficient (Wildman–Crippen LogP) is 4.27. The van der Waals surface area contributed by atoms with Gasteiger partial charge in [-0.25, -0.2) is 19.9 Å². The first-order valence-corrected chi connectivity index (χ1v) is 17.0. The molecule has 0 aliphatic carbocycles. The van der Waals surface area contributed by atoms with Gasteiger partial charge in [-0.15, -0.1) is 0 Å². The van der Waals surface area contributed by atoms with Crippen molar-refractivity contribution in [3.05, 3.63) is 72.7 Å². The highest BCUT2D eigenvalue weighted by molar-refractivity contribution is 5.96.